The van der Waals surface area contributed by atoms with Gasteiger partial charge in [0, 0.05) is 11.4 Å². The number of rotatable bonds is 4. The van der Waals surface area contributed by atoms with Crippen molar-refractivity contribution in [1.82, 2.24) is 5.32 Å². The van der Waals surface area contributed by atoms with E-state index in [1.807, 2.05) is 26.0 Å². The number of morpholine rings is 1. The van der Waals surface area contributed by atoms with Gasteiger partial charge in [-0.25, -0.2) is 0 Å². The van der Waals surface area contributed by atoms with Gasteiger partial charge in [-0.1, -0.05) is 0 Å². The Hall–Kier alpha value is -0.710. The van der Waals surface area contributed by atoms with Crippen LogP contribution >= 0.6 is 11.8 Å². The van der Waals surface area contributed by atoms with Crippen molar-refractivity contribution in [2.24, 2.45) is 0 Å². The highest BCUT2D eigenvalue weighted by atomic mass is 32.2. The average Bonchev–Trinajstić information content (AvgIpc) is 2.32. The molecule has 1 aliphatic heterocycles. The second kappa shape index (κ2) is 6.28. The molecule has 1 N–H and O–H groups in total. The van der Waals surface area contributed by atoms with Gasteiger partial charge in [0.2, 0.25) is 0 Å². The van der Waals surface area contributed by atoms with Gasteiger partial charge in [0.1, 0.15) is 5.75 Å². The smallest absolute Gasteiger partial charge is 0.119 e. The van der Waals surface area contributed by atoms with Crippen LogP contribution in [0.5, 0.6) is 5.75 Å². The molecule has 1 aromatic rings. The molecule has 3 nitrogen and oxygen atoms in total. The minimum absolute atomic E-state index is 0.224. The van der Waals surface area contributed by atoms with Crippen LogP contribution in [-0.4, -0.2) is 31.2 Å². The first-order valence-electron chi connectivity index (χ1n) is 5.98. The van der Waals surface area contributed by atoms with Crippen LogP contribution < -0.4 is 10.1 Å². The first kappa shape index (κ1) is 12.7. The van der Waals surface area contributed by atoms with Gasteiger partial charge in [-0.2, -0.15) is 0 Å². The molecular weight excluding hydrogens is 234 g/mol. The quantitative estimate of drug-likeness (QED) is 0.893. The summed E-state index contributed by atoms with van der Waals surface area (Å²) >= 11 is 1.80. The zero-order chi connectivity index (χ0) is 12.1. The van der Waals surface area contributed by atoms with Crippen LogP contribution in [-0.2, 0) is 4.74 Å². The van der Waals surface area contributed by atoms with E-state index in [1.54, 1.807) is 11.8 Å². The van der Waals surface area contributed by atoms with E-state index in [9.17, 15) is 0 Å². The molecule has 0 radical (unpaired) electrons. The molecule has 4 heteroatoms. The summed E-state index contributed by atoms with van der Waals surface area (Å²) in [5, 5.41) is 3.78. The molecule has 1 fully saturated rings. The third kappa shape index (κ3) is 4.22. The minimum Gasteiger partial charge on any atom is -0.491 e. The van der Waals surface area contributed by atoms with Crippen LogP contribution in [0, 0.1) is 0 Å². The van der Waals surface area contributed by atoms with Gasteiger partial charge in [0.25, 0.3) is 0 Å². The summed E-state index contributed by atoms with van der Waals surface area (Å²) in [6.07, 6.45) is 0.224. The number of hydrogen-bond donors (Lipinski definition) is 1. The van der Waals surface area contributed by atoms with Crippen molar-refractivity contribution in [2.45, 2.75) is 30.2 Å². The van der Waals surface area contributed by atoms with Gasteiger partial charge in [-0.3, -0.25) is 0 Å². The standard InChI is InChI=1S/C13H19NO2S/c1-10(2)16-11-3-5-12(6-4-11)17-13-9-15-8-7-14-13/h3-6,10,13-14H,7-9H2,1-2H3. The molecule has 1 saturated heterocycles. The SMILES string of the molecule is CC(C)Oc1ccc(SC2COCCN2)cc1. The summed E-state index contributed by atoms with van der Waals surface area (Å²) in [7, 11) is 0. The van der Waals surface area contributed by atoms with E-state index >= 15 is 0 Å². The molecular formula is C13H19NO2S. The van der Waals surface area contributed by atoms with Crippen molar-refractivity contribution in [1.29, 1.82) is 0 Å². The van der Waals surface area contributed by atoms with Gasteiger partial charge in [0.15, 0.2) is 0 Å². The largest absolute Gasteiger partial charge is 0.491 e. The zero-order valence-corrected chi connectivity index (χ0v) is 11.1. The summed E-state index contributed by atoms with van der Waals surface area (Å²) in [4.78, 5) is 1.24. The molecule has 0 aromatic heterocycles. The molecule has 0 saturated carbocycles. The molecule has 0 amide bonds. The maximum atomic E-state index is 5.61. The number of ether oxygens (including phenoxy) is 2. The lowest BCUT2D eigenvalue weighted by molar-refractivity contribution is 0.100. The Bertz CT molecular complexity index is 334. The van der Waals surface area contributed by atoms with Crippen molar-refractivity contribution < 1.29 is 9.47 Å². The highest BCUT2D eigenvalue weighted by Crippen LogP contribution is 2.25. The van der Waals surface area contributed by atoms with Gasteiger partial charge in [0.05, 0.1) is 24.7 Å². The molecule has 2 rings (SSSR count). The topological polar surface area (TPSA) is 30.5 Å². The highest BCUT2D eigenvalue weighted by molar-refractivity contribution is 8.00. The van der Waals surface area contributed by atoms with Crippen molar-refractivity contribution in [3.8, 4) is 5.75 Å². The molecule has 17 heavy (non-hydrogen) atoms. The normalized spacial score (nSPS) is 20.5. The Morgan fingerprint density at radius 3 is 2.71 bits per heavy atom. The Morgan fingerprint density at radius 1 is 1.35 bits per heavy atom. The molecule has 0 bridgehead atoms. The van der Waals surface area contributed by atoms with E-state index < -0.39 is 0 Å². The lowest BCUT2D eigenvalue weighted by Crippen LogP contribution is -2.38. The second-order valence-corrected chi connectivity index (χ2v) is 5.55. The van der Waals surface area contributed by atoms with Gasteiger partial charge < -0.3 is 14.8 Å². The number of benzene rings is 1. The summed E-state index contributed by atoms with van der Waals surface area (Å²) in [5.41, 5.74) is 0. The third-order valence-electron chi connectivity index (χ3n) is 2.36. The number of hydrogen-bond acceptors (Lipinski definition) is 4. The lowest BCUT2D eigenvalue weighted by Gasteiger charge is -2.23. The van der Waals surface area contributed by atoms with Crippen LogP contribution in [0.2, 0.25) is 0 Å². The highest BCUT2D eigenvalue weighted by Gasteiger charge is 2.13. The molecule has 94 valence electrons. The molecule has 1 atom stereocenters. The number of thioether (sulfide) groups is 1. The zero-order valence-electron chi connectivity index (χ0n) is 10.3. The van der Waals surface area contributed by atoms with Crippen molar-refractivity contribution in [3.05, 3.63) is 24.3 Å². The van der Waals surface area contributed by atoms with E-state index in [1.165, 1.54) is 4.90 Å². The maximum Gasteiger partial charge on any atom is 0.119 e. The monoisotopic (exact) mass is 253 g/mol. The van der Waals surface area contributed by atoms with Crippen molar-refractivity contribution in [3.63, 3.8) is 0 Å². The first-order valence-corrected chi connectivity index (χ1v) is 6.86. The Labute approximate surface area is 107 Å². The third-order valence-corrected chi connectivity index (χ3v) is 3.49. The maximum absolute atomic E-state index is 5.61. The Balaban J connectivity index is 1.88. The van der Waals surface area contributed by atoms with E-state index in [0.717, 1.165) is 25.5 Å². The summed E-state index contributed by atoms with van der Waals surface area (Å²) in [6, 6.07) is 8.23. The Morgan fingerprint density at radius 2 is 2.12 bits per heavy atom. The molecule has 1 heterocycles. The minimum atomic E-state index is 0.224. The predicted octanol–water partition coefficient (Wildman–Crippen LogP) is 2.51. The summed E-state index contributed by atoms with van der Waals surface area (Å²) in [5.74, 6) is 0.928. The fourth-order valence-electron chi connectivity index (χ4n) is 1.65. The lowest BCUT2D eigenvalue weighted by atomic mass is 10.3. The van der Waals surface area contributed by atoms with E-state index in [-0.39, 0.29) is 6.10 Å². The molecule has 1 unspecified atom stereocenters. The average molecular weight is 253 g/mol. The number of nitrogens with one attached hydrogen (secondary N) is 1. The fraction of sp³-hybridized carbons (Fsp3) is 0.538. The van der Waals surface area contributed by atoms with Crippen molar-refractivity contribution >= 4 is 11.8 Å². The predicted molar refractivity (Wildman–Crippen MR) is 70.7 cm³/mol. The second-order valence-electron chi connectivity index (χ2n) is 4.27. The van der Waals surface area contributed by atoms with Crippen LogP contribution in [0.25, 0.3) is 0 Å². The molecule has 1 aromatic carbocycles. The van der Waals surface area contributed by atoms with Gasteiger partial charge >= 0.3 is 0 Å². The van der Waals surface area contributed by atoms with Crippen LogP contribution in [0.1, 0.15) is 13.8 Å². The molecule has 0 spiro atoms. The van der Waals surface area contributed by atoms with Gasteiger partial charge in [-0.05, 0) is 38.1 Å². The van der Waals surface area contributed by atoms with Crippen LogP contribution in [0.15, 0.2) is 29.2 Å². The van der Waals surface area contributed by atoms with Crippen LogP contribution in [0.3, 0.4) is 0 Å². The molecule has 0 aliphatic carbocycles. The van der Waals surface area contributed by atoms with Crippen LogP contribution in [0.4, 0.5) is 0 Å². The summed E-state index contributed by atoms with van der Waals surface area (Å²) < 4.78 is 11.0. The van der Waals surface area contributed by atoms with Gasteiger partial charge in [-0.15, -0.1) is 11.8 Å². The van der Waals surface area contributed by atoms with E-state index in [4.69, 9.17) is 9.47 Å². The van der Waals surface area contributed by atoms with Crippen molar-refractivity contribution in [2.75, 3.05) is 19.8 Å². The molecule has 1 aliphatic rings. The van der Waals surface area contributed by atoms with E-state index in [0.29, 0.717) is 5.37 Å². The Kier molecular flexibility index (Phi) is 4.71. The summed E-state index contributed by atoms with van der Waals surface area (Å²) in [6.45, 7) is 6.59. The first-order chi connectivity index (χ1) is 8.24. The fourth-order valence-corrected chi connectivity index (χ4v) is 2.64. The van der Waals surface area contributed by atoms with E-state index in [2.05, 4.69) is 17.4 Å².